The number of carbonyl (C=O) groups excluding carboxylic acids is 1. The predicted octanol–water partition coefficient (Wildman–Crippen LogP) is 1.55. The van der Waals surface area contributed by atoms with Crippen LogP contribution in [0.4, 0.5) is 0 Å². The van der Waals surface area contributed by atoms with Crippen molar-refractivity contribution in [2.24, 2.45) is 0 Å². The van der Waals surface area contributed by atoms with Gasteiger partial charge in [0, 0.05) is 25.2 Å². The Bertz CT molecular complexity index is 226. The van der Waals surface area contributed by atoms with Crippen molar-refractivity contribution in [2.45, 2.75) is 45.2 Å². The number of nitrogens with one attached hydrogen (secondary N) is 1. The van der Waals surface area contributed by atoms with E-state index in [1.54, 1.807) is 0 Å². The van der Waals surface area contributed by atoms with Crippen LogP contribution in [0, 0.1) is 0 Å². The van der Waals surface area contributed by atoms with Crippen LogP contribution in [0.2, 0.25) is 0 Å². The normalized spacial score (nSPS) is 22.6. The van der Waals surface area contributed by atoms with Crippen molar-refractivity contribution >= 4 is 5.91 Å². The molecule has 1 aliphatic rings. The van der Waals surface area contributed by atoms with Gasteiger partial charge in [-0.1, -0.05) is 26.8 Å². The first-order valence-corrected chi connectivity index (χ1v) is 5.81. The number of carbonyl (C=O) groups is 1. The summed E-state index contributed by atoms with van der Waals surface area (Å²) in [5.41, 5.74) is 0. The number of nitrogens with zero attached hydrogens (tertiary/aromatic N) is 1. The Balaban J connectivity index is 2.52. The molecule has 0 aromatic carbocycles. The number of hydrogen-bond donors (Lipinski definition) is 1. The highest BCUT2D eigenvalue weighted by atomic mass is 16.2. The lowest BCUT2D eigenvalue weighted by atomic mass is 10.1. The van der Waals surface area contributed by atoms with E-state index in [4.69, 9.17) is 0 Å². The van der Waals surface area contributed by atoms with Gasteiger partial charge in [0.2, 0.25) is 5.91 Å². The molecule has 0 aromatic rings. The van der Waals surface area contributed by atoms with E-state index in [1.807, 2.05) is 4.90 Å². The van der Waals surface area contributed by atoms with E-state index in [1.165, 1.54) is 18.9 Å². The van der Waals surface area contributed by atoms with Crippen LogP contribution in [0.5, 0.6) is 0 Å². The van der Waals surface area contributed by atoms with Crippen molar-refractivity contribution in [3.8, 4) is 0 Å². The topological polar surface area (TPSA) is 32.3 Å². The van der Waals surface area contributed by atoms with Crippen molar-refractivity contribution in [3.05, 3.63) is 12.7 Å². The fourth-order valence-corrected chi connectivity index (χ4v) is 2.08. The zero-order valence-electron chi connectivity index (χ0n) is 9.83. The molecule has 3 heteroatoms. The average Bonchev–Trinajstić information content (AvgIpc) is 2.41. The SMILES string of the molecule is C=CC(=O)N1CCCC[C@@H](NC(C)C)C1. The molecule has 0 aromatic heterocycles. The third-order valence-corrected chi connectivity index (χ3v) is 2.73. The summed E-state index contributed by atoms with van der Waals surface area (Å²) in [5, 5.41) is 3.50. The van der Waals surface area contributed by atoms with Gasteiger partial charge in [0.25, 0.3) is 0 Å². The molecule has 1 fully saturated rings. The first kappa shape index (κ1) is 12.2. The molecule has 1 amide bonds. The van der Waals surface area contributed by atoms with Crippen LogP contribution < -0.4 is 5.32 Å². The summed E-state index contributed by atoms with van der Waals surface area (Å²) in [5.74, 6) is 0.0625. The third-order valence-electron chi connectivity index (χ3n) is 2.73. The Labute approximate surface area is 92.5 Å². The molecule has 1 aliphatic heterocycles. The van der Waals surface area contributed by atoms with Crippen LogP contribution in [0.15, 0.2) is 12.7 Å². The largest absolute Gasteiger partial charge is 0.338 e. The summed E-state index contributed by atoms with van der Waals surface area (Å²) in [6.07, 6.45) is 4.89. The summed E-state index contributed by atoms with van der Waals surface area (Å²) in [7, 11) is 0. The van der Waals surface area contributed by atoms with E-state index >= 15 is 0 Å². The fraction of sp³-hybridized carbons (Fsp3) is 0.750. The Morgan fingerprint density at radius 3 is 2.87 bits per heavy atom. The van der Waals surface area contributed by atoms with E-state index in [0.29, 0.717) is 12.1 Å². The van der Waals surface area contributed by atoms with Crippen LogP contribution in [0.25, 0.3) is 0 Å². The van der Waals surface area contributed by atoms with Gasteiger partial charge in [0.15, 0.2) is 0 Å². The van der Waals surface area contributed by atoms with E-state index in [-0.39, 0.29) is 5.91 Å². The van der Waals surface area contributed by atoms with E-state index < -0.39 is 0 Å². The number of rotatable bonds is 3. The molecular formula is C12H22N2O. The van der Waals surface area contributed by atoms with Crippen LogP contribution >= 0.6 is 0 Å². The third kappa shape index (κ3) is 4.04. The van der Waals surface area contributed by atoms with Gasteiger partial charge >= 0.3 is 0 Å². The van der Waals surface area contributed by atoms with Gasteiger partial charge in [-0.15, -0.1) is 0 Å². The number of hydrogen-bond acceptors (Lipinski definition) is 2. The quantitative estimate of drug-likeness (QED) is 0.717. The monoisotopic (exact) mass is 210 g/mol. The molecule has 0 radical (unpaired) electrons. The first-order valence-electron chi connectivity index (χ1n) is 5.81. The van der Waals surface area contributed by atoms with Gasteiger partial charge < -0.3 is 10.2 Å². The van der Waals surface area contributed by atoms with Gasteiger partial charge in [0.05, 0.1) is 0 Å². The summed E-state index contributed by atoms with van der Waals surface area (Å²) in [6.45, 7) is 9.53. The van der Waals surface area contributed by atoms with Gasteiger partial charge in [0.1, 0.15) is 0 Å². The molecule has 0 bridgehead atoms. The Morgan fingerprint density at radius 2 is 2.27 bits per heavy atom. The Kier molecular flexibility index (Phi) is 4.82. The van der Waals surface area contributed by atoms with Crippen LogP contribution in [-0.2, 0) is 4.79 Å². The second-order valence-corrected chi connectivity index (χ2v) is 4.50. The lowest BCUT2D eigenvalue weighted by molar-refractivity contribution is -0.126. The van der Waals surface area contributed by atoms with Gasteiger partial charge in [-0.3, -0.25) is 4.79 Å². The minimum atomic E-state index is 0.0625. The maximum absolute atomic E-state index is 11.5. The highest BCUT2D eigenvalue weighted by molar-refractivity contribution is 5.87. The first-order chi connectivity index (χ1) is 7.13. The molecule has 1 rings (SSSR count). The lowest BCUT2D eigenvalue weighted by Crippen LogP contribution is -2.44. The summed E-state index contributed by atoms with van der Waals surface area (Å²) in [6, 6.07) is 0.921. The second-order valence-electron chi connectivity index (χ2n) is 4.50. The Morgan fingerprint density at radius 1 is 1.53 bits per heavy atom. The fourth-order valence-electron chi connectivity index (χ4n) is 2.08. The number of likely N-dealkylation sites (tertiary alicyclic amines) is 1. The smallest absolute Gasteiger partial charge is 0.246 e. The maximum Gasteiger partial charge on any atom is 0.246 e. The van der Waals surface area contributed by atoms with E-state index in [0.717, 1.165) is 19.5 Å². The van der Waals surface area contributed by atoms with Crippen LogP contribution in [-0.4, -0.2) is 36.0 Å². The highest BCUT2D eigenvalue weighted by Gasteiger charge is 2.20. The summed E-state index contributed by atoms with van der Waals surface area (Å²) in [4.78, 5) is 13.4. The molecule has 1 N–H and O–H groups in total. The zero-order chi connectivity index (χ0) is 11.3. The van der Waals surface area contributed by atoms with Gasteiger partial charge in [-0.2, -0.15) is 0 Å². The lowest BCUT2D eigenvalue weighted by Gasteiger charge is -2.25. The molecule has 0 saturated carbocycles. The predicted molar refractivity (Wildman–Crippen MR) is 62.7 cm³/mol. The maximum atomic E-state index is 11.5. The molecule has 15 heavy (non-hydrogen) atoms. The van der Waals surface area contributed by atoms with E-state index in [2.05, 4.69) is 25.7 Å². The molecule has 0 aliphatic carbocycles. The summed E-state index contributed by atoms with van der Waals surface area (Å²) < 4.78 is 0. The molecule has 86 valence electrons. The van der Waals surface area contributed by atoms with Crippen LogP contribution in [0.3, 0.4) is 0 Å². The van der Waals surface area contributed by atoms with Crippen molar-refractivity contribution < 1.29 is 4.79 Å². The molecular weight excluding hydrogens is 188 g/mol. The van der Waals surface area contributed by atoms with Crippen molar-refractivity contribution in [3.63, 3.8) is 0 Å². The van der Waals surface area contributed by atoms with Gasteiger partial charge in [-0.05, 0) is 18.9 Å². The molecule has 0 unspecified atom stereocenters. The average molecular weight is 210 g/mol. The Hall–Kier alpha value is -0.830. The molecule has 1 saturated heterocycles. The molecule has 3 nitrogen and oxygen atoms in total. The summed E-state index contributed by atoms with van der Waals surface area (Å²) >= 11 is 0. The number of amides is 1. The van der Waals surface area contributed by atoms with Crippen LogP contribution in [0.1, 0.15) is 33.1 Å². The highest BCUT2D eigenvalue weighted by Crippen LogP contribution is 2.11. The van der Waals surface area contributed by atoms with Crippen molar-refractivity contribution in [1.29, 1.82) is 0 Å². The second kappa shape index (κ2) is 5.91. The van der Waals surface area contributed by atoms with Crippen molar-refractivity contribution in [2.75, 3.05) is 13.1 Å². The zero-order valence-corrected chi connectivity index (χ0v) is 9.83. The molecule has 1 atom stereocenters. The standard InChI is InChI=1S/C12H22N2O/c1-4-12(15)14-8-6-5-7-11(9-14)13-10(2)3/h4,10-11,13H,1,5-9H2,2-3H3/t11-/m1/s1. The van der Waals surface area contributed by atoms with E-state index in [9.17, 15) is 4.79 Å². The minimum absolute atomic E-state index is 0.0625. The van der Waals surface area contributed by atoms with Crippen molar-refractivity contribution in [1.82, 2.24) is 10.2 Å². The molecule has 1 heterocycles. The van der Waals surface area contributed by atoms with Gasteiger partial charge in [-0.25, -0.2) is 0 Å². The molecule has 0 spiro atoms. The minimum Gasteiger partial charge on any atom is -0.338 e.